The number of phenolic OH excluding ortho intramolecular Hbond substituents is 1. The molecule has 5 nitrogen and oxygen atoms in total. The first-order valence-corrected chi connectivity index (χ1v) is 7.10. The van der Waals surface area contributed by atoms with E-state index in [2.05, 4.69) is 5.32 Å². The van der Waals surface area contributed by atoms with Crippen LogP contribution in [0.25, 0.3) is 0 Å². The Balaban J connectivity index is 1.73. The number of aliphatic hydroxyl groups is 1. The van der Waals surface area contributed by atoms with Crippen molar-refractivity contribution in [1.82, 2.24) is 5.32 Å². The van der Waals surface area contributed by atoms with Gasteiger partial charge >= 0.3 is 0 Å². The standard InChI is InChI=1S/C15H23NO4/c1-11(15(18)12-3-5-13(17)6-4-12)16-8-7-14-19-9-2-10-20-14/h3-6,11,14-18H,2,7-10H2,1H3. The Hall–Kier alpha value is -1.14. The van der Waals surface area contributed by atoms with E-state index in [-0.39, 0.29) is 18.1 Å². The van der Waals surface area contributed by atoms with Gasteiger partial charge in [-0.2, -0.15) is 0 Å². The minimum absolute atomic E-state index is 0.0804. The zero-order valence-electron chi connectivity index (χ0n) is 11.8. The Kier molecular flexibility index (Phi) is 5.79. The van der Waals surface area contributed by atoms with Crippen molar-refractivity contribution in [3.63, 3.8) is 0 Å². The Labute approximate surface area is 119 Å². The zero-order chi connectivity index (χ0) is 14.4. The second kappa shape index (κ2) is 7.59. The van der Waals surface area contributed by atoms with Gasteiger partial charge in [0.15, 0.2) is 6.29 Å². The van der Waals surface area contributed by atoms with Gasteiger partial charge in [-0.05, 0) is 31.0 Å². The first-order chi connectivity index (χ1) is 9.66. The number of hydrogen-bond donors (Lipinski definition) is 3. The largest absolute Gasteiger partial charge is 0.508 e. The highest BCUT2D eigenvalue weighted by Crippen LogP contribution is 2.19. The Morgan fingerprint density at radius 2 is 1.90 bits per heavy atom. The number of benzene rings is 1. The summed E-state index contributed by atoms with van der Waals surface area (Å²) in [5.41, 5.74) is 0.785. The zero-order valence-corrected chi connectivity index (χ0v) is 11.8. The third-order valence-corrected chi connectivity index (χ3v) is 3.45. The van der Waals surface area contributed by atoms with Gasteiger partial charge in [0, 0.05) is 19.0 Å². The van der Waals surface area contributed by atoms with Gasteiger partial charge in [-0.25, -0.2) is 0 Å². The summed E-state index contributed by atoms with van der Waals surface area (Å²) in [7, 11) is 0. The quantitative estimate of drug-likeness (QED) is 0.738. The van der Waals surface area contributed by atoms with E-state index < -0.39 is 6.10 Å². The first-order valence-electron chi connectivity index (χ1n) is 7.10. The SMILES string of the molecule is CC(NCCC1OCCCO1)C(O)c1ccc(O)cc1. The van der Waals surface area contributed by atoms with Gasteiger partial charge in [0.2, 0.25) is 0 Å². The van der Waals surface area contributed by atoms with E-state index in [1.807, 2.05) is 6.92 Å². The van der Waals surface area contributed by atoms with Crippen LogP contribution in [0.15, 0.2) is 24.3 Å². The van der Waals surface area contributed by atoms with Gasteiger partial charge in [-0.15, -0.1) is 0 Å². The molecule has 1 aromatic rings. The Bertz CT molecular complexity index is 389. The molecule has 5 heteroatoms. The van der Waals surface area contributed by atoms with Crippen molar-refractivity contribution < 1.29 is 19.7 Å². The molecule has 1 aliphatic heterocycles. The molecule has 2 atom stereocenters. The predicted octanol–water partition coefficient (Wildman–Crippen LogP) is 1.56. The average Bonchev–Trinajstić information content (AvgIpc) is 2.48. The number of hydrogen-bond acceptors (Lipinski definition) is 5. The van der Waals surface area contributed by atoms with E-state index in [9.17, 15) is 10.2 Å². The summed E-state index contributed by atoms with van der Waals surface area (Å²) in [5.74, 6) is 0.202. The highest BCUT2D eigenvalue weighted by atomic mass is 16.7. The summed E-state index contributed by atoms with van der Waals surface area (Å²) in [6.45, 7) is 4.17. The van der Waals surface area contributed by atoms with E-state index >= 15 is 0 Å². The molecule has 0 saturated carbocycles. The average molecular weight is 281 g/mol. The molecule has 0 spiro atoms. The Morgan fingerprint density at radius 3 is 2.55 bits per heavy atom. The maximum atomic E-state index is 10.2. The van der Waals surface area contributed by atoms with Crippen molar-refractivity contribution in [3.8, 4) is 5.75 Å². The number of aliphatic hydroxyl groups excluding tert-OH is 1. The van der Waals surface area contributed by atoms with Crippen LogP contribution in [-0.4, -0.2) is 42.3 Å². The van der Waals surface area contributed by atoms with Crippen molar-refractivity contribution in [2.45, 2.75) is 38.2 Å². The topological polar surface area (TPSA) is 71.0 Å². The lowest BCUT2D eigenvalue weighted by atomic mass is 10.0. The van der Waals surface area contributed by atoms with E-state index in [1.165, 1.54) is 0 Å². The fourth-order valence-electron chi connectivity index (χ4n) is 2.20. The van der Waals surface area contributed by atoms with Gasteiger partial charge in [0.05, 0.1) is 19.3 Å². The highest BCUT2D eigenvalue weighted by Gasteiger charge is 2.18. The summed E-state index contributed by atoms with van der Waals surface area (Å²) in [4.78, 5) is 0. The fraction of sp³-hybridized carbons (Fsp3) is 0.600. The van der Waals surface area contributed by atoms with Gasteiger partial charge in [-0.1, -0.05) is 12.1 Å². The first kappa shape index (κ1) is 15.3. The monoisotopic (exact) mass is 281 g/mol. The van der Waals surface area contributed by atoms with Gasteiger partial charge < -0.3 is 25.0 Å². The molecule has 112 valence electrons. The van der Waals surface area contributed by atoms with Gasteiger partial charge in [0.1, 0.15) is 5.75 Å². The van der Waals surface area contributed by atoms with Crippen LogP contribution in [0.1, 0.15) is 31.4 Å². The van der Waals surface area contributed by atoms with Crippen molar-refractivity contribution in [2.24, 2.45) is 0 Å². The van der Waals surface area contributed by atoms with E-state index in [1.54, 1.807) is 24.3 Å². The normalized spacial score (nSPS) is 19.7. The van der Waals surface area contributed by atoms with Crippen molar-refractivity contribution in [1.29, 1.82) is 0 Å². The lowest BCUT2D eigenvalue weighted by Crippen LogP contribution is -2.36. The fourth-order valence-corrected chi connectivity index (χ4v) is 2.20. The third kappa shape index (κ3) is 4.45. The lowest BCUT2D eigenvalue weighted by molar-refractivity contribution is -0.180. The number of rotatable bonds is 6. The third-order valence-electron chi connectivity index (χ3n) is 3.45. The van der Waals surface area contributed by atoms with Gasteiger partial charge in [-0.3, -0.25) is 0 Å². The molecule has 1 aliphatic rings. The molecule has 0 amide bonds. The second-order valence-electron chi connectivity index (χ2n) is 5.09. The molecule has 1 heterocycles. The van der Waals surface area contributed by atoms with E-state index in [0.717, 1.165) is 38.2 Å². The molecule has 1 fully saturated rings. The number of nitrogens with one attached hydrogen (secondary N) is 1. The van der Waals surface area contributed by atoms with Crippen LogP contribution in [0.2, 0.25) is 0 Å². The molecule has 0 aromatic heterocycles. The van der Waals surface area contributed by atoms with Gasteiger partial charge in [0.25, 0.3) is 0 Å². The maximum absolute atomic E-state index is 10.2. The smallest absolute Gasteiger partial charge is 0.158 e. The summed E-state index contributed by atoms with van der Waals surface area (Å²) >= 11 is 0. The van der Waals surface area contributed by atoms with Crippen LogP contribution in [0.4, 0.5) is 0 Å². The lowest BCUT2D eigenvalue weighted by Gasteiger charge is -2.25. The molecule has 0 radical (unpaired) electrons. The molecule has 0 aliphatic carbocycles. The molecule has 3 N–H and O–H groups in total. The predicted molar refractivity (Wildman–Crippen MR) is 75.5 cm³/mol. The minimum atomic E-state index is -0.608. The van der Waals surface area contributed by atoms with Crippen molar-refractivity contribution in [3.05, 3.63) is 29.8 Å². The Morgan fingerprint density at radius 1 is 1.25 bits per heavy atom. The second-order valence-corrected chi connectivity index (χ2v) is 5.09. The number of phenols is 1. The van der Waals surface area contributed by atoms with Crippen molar-refractivity contribution in [2.75, 3.05) is 19.8 Å². The molecule has 1 saturated heterocycles. The van der Waals surface area contributed by atoms with Crippen LogP contribution >= 0.6 is 0 Å². The molecule has 2 rings (SSSR count). The van der Waals surface area contributed by atoms with Crippen LogP contribution < -0.4 is 5.32 Å². The maximum Gasteiger partial charge on any atom is 0.158 e. The summed E-state index contributed by atoms with van der Waals surface area (Å²) in [5, 5.41) is 22.7. The van der Waals surface area contributed by atoms with Crippen LogP contribution in [-0.2, 0) is 9.47 Å². The molecular weight excluding hydrogens is 258 g/mol. The summed E-state index contributed by atoms with van der Waals surface area (Å²) in [6.07, 6.45) is 0.991. The number of aromatic hydroxyl groups is 1. The summed E-state index contributed by atoms with van der Waals surface area (Å²) in [6, 6.07) is 6.53. The highest BCUT2D eigenvalue weighted by molar-refractivity contribution is 5.27. The van der Waals surface area contributed by atoms with E-state index in [0.29, 0.717) is 0 Å². The van der Waals surface area contributed by atoms with Crippen LogP contribution in [0.3, 0.4) is 0 Å². The van der Waals surface area contributed by atoms with Crippen LogP contribution in [0.5, 0.6) is 5.75 Å². The molecule has 1 aromatic carbocycles. The molecule has 2 unspecified atom stereocenters. The summed E-state index contributed by atoms with van der Waals surface area (Å²) < 4.78 is 10.9. The molecule has 0 bridgehead atoms. The minimum Gasteiger partial charge on any atom is -0.508 e. The number of ether oxygens (including phenoxy) is 2. The molecule has 20 heavy (non-hydrogen) atoms. The van der Waals surface area contributed by atoms with Crippen LogP contribution in [0, 0.1) is 0 Å². The molecular formula is C15H23NO4. The van der Waals surface area contributed by atoms with Crippen molar-refractivity contribution >= 4 is 0 Å². The van der Waals surface area contributed by atoms with E-state index in [4.69, 9.17) is 9.47 Å².